The molecule has 0 unspecified atom stereocenters. The zero-order valence-electron chi connectivity index (χ0n) is 10.3. The Balaban J connectivity index is 2.25. The number of carbonyl (C=O) groups is 1. The smallest absolute Gasteiger partial charge is 0.227 e. The summed E-state index contributed by atoms with van der Waals surface area (Å²) in [5.41, 5.74) is 1.82. The van der Waals surface area contributed by atoms with E-state index in [-0.39, 0.29) is 11.7 Å². The van der Waals surface area contributed by atoms with Crippen LogP contribution < -0.4 is 4.90 Å². The molecule has 0 saturated heterocycles. The molecule has 3 heteroatoms. The highest BCUT2D eigenvalue weighted by molar-refractivity contribution is 5.96. The summed E-state index contributed by atoms with van der Waals surface area (Å²) in [5.74, 6) is 0.362. The number of fused-ring (bicyclic) bond motifs is 1. The third kappa shape index (κ3) is 2.43. The van der Waals surface area contributed by atoms with Gasteiger partial charge in [0, 0.05) is 13.0 Å². The summed E-state index contributed by atoms with van der Waals surface area (Å²) in [5, 5.41) is 9.91. The van der Waals surface area contributed by atoms with E-state index >= 15 is 0 Å². The maximum Gasteiger partial charge on any atom is 0.227 e. The summed E-state index contributed by atoms with van der Waals surface area (Å²) in [6, 6.07) is 5.49. The number of aryl methyl sites for hydroxylation is 1. The molecule has 0 spiro atoms. The first-order valence-corrected chi connectivity index (χ1v) is 6.35. The normalized spacial score (nSPS) is 14.5. The second kappa shape index (κ2) is 5.21. The zero-order chi connectivity index (χ0) is 12.3. The molecule has 0 saturated carbocycles. The molecule has 0 aliphatic carbocycles. The number of aromatic hydroxyl groups is 1. The van der Waals surface area contributed by atoms with Gasteiger partial charge in [-0.25, -0.2) is 0 Å². The monoisotopic (exact) mass is 233 g/mol. The van der Waals surface area contributed by atoms with Crippen LogP contribution in [0, 0.1) is 0 Å². The van der Waals surface area contributed by atoms with Crippen molar-refractivity contribution in [2.75, 3.05) is 11.4 Å². The molecule has 1 N–H and O–H groups in total. The van der Waals surface area contributed by atoms with Gasteiger partial charge in [-0.05, 0) is 30.9 Å². The van der Waals surface area contributed by atoms with Crippen molar-refractivity contribution >= 4 is 11.6 Å². The fourth-order valence-corrected chi connectivity index (χ4v) is 2.34. The topological polar surface area (TPSA) is 40.5 Å². The van der Waals surface area contributed by atoms with Gasteiger partial charge in [0.15, 0.2) is 0 Å². The van der Waals surface area contributed by atoms with Crippen LogP contribution in [0.5, 0.6) is 5.75 Å². The first kappa shape index (κ1) is 12.0. The van der Waals surface area contributed by atoms with Gasteiger partial charge in [0.05, 0.1) is 5.69 Å². The molecule has 0 bridgehead atoms. The maximum atomic E-state index is 12.1. The van der Waals surface area contributed by atoms with Gasteiger partial charge in [0.2, 0.25) is 5.91 Å². The van der Waals surface area contributed by atoms with Crippen LogP contribution in [0.2, 0.25) is 0 Å². The van der Waals surface area contributed by atoms with Crippen molar-refractivity contribution in [2.24, 2.45) is 0 Å². The molecule has 2 rings (SSSR count). The highest BCUT2D eigenvalue weighted by Gasteiger charge is 2.24. The van der Waals surface area contributed by atoms with Gasteiger partial charge in [-0.1, -0.05) is 25.5 Å². The van der Waals surface area contributed by atoms with E-state index in [9.17, 15) is 9.90 Å². The number of amides is 1. The number of hydrogen-bond donors (Lipinski definition) is 1. The first-order valence-electron chi connectivity index (χ1n) is 6.35. The molecule has 92 valence electrons. The highest BCUT2D eigenvalue weighted by atomic mass is 16.3. The third-order valence-electron chi connectivity index (χ3n) is 3.24. The number of rotatable bonds is 3. The average Bonchev–Trinajstić information content (AvgIpc) is 2.35. The molecule has 1 heterocycles. The largest absolute Gasteiger partial charge is 0.506 e. The molecule has 1 aliphatic heterocycles. The van der Waals surface area contributed by atoms with Crippen molar-refractivity contribution in [1.29, 1.82) is 0 Å². The summed E-state index contributed by atoms with van der Waals surface area (Å²) in [7, 11) is 0. The fourth-order valence-electron chi connectivity index (χ4n) is 2.34. The van der Waals surface area contributed by atoms with Crippen LogP contribution in [0.15, 0.2) is 18.2 Å². The summed E-state index contributed by atoms with van der Waals surface area (Å²) in [4.78, 5) is 13.8. The van der Waals surface area contributed by atoms with Crippen molar-refractivity contribution in [3.05, 3.63) is 23.8 Å². The van der Waals surface area contributed by atoms with Crippen molar-refractivity contribution < 1.29 is 9.90 Å². The second-order valence-electron chi connectivity index (χ2n) is 4.54. The average molecular weight is 233 g/mol. The predicted molar refractivity (Wildman–Crippen MR) is 68.3 cm³/mol. The lowest BCUT2D eigenvalue weighted by Crippen LogP contribution is -2.35. The number of nitrogens with zero attached hydrogens (tertiary/aromatic N) is 1. The van der Waals surface area contributed by atoms with Crippen molar-refractivity contribution in [3.8, 4) is 5.75 Å². The number of phenols is 1. The molecule has 1 amide bonds. The first-order chi connectivity index (χ1) is 8.24. The summed E-state index contributed by atoms with van der Waals surface area (Å²) in [6.07, 6.45) is 4.44. The minimum Gasteiger partial charge on any atom is -0.506 e. The lowest BCUT2D eigenvalue weighted by Gasteiger charge is -2.30. The maximum absolute atomic E-state index is 12.1. The second-order valence-corrected chi connectivity index (χ2v) is 4.54. The number of benzene rings is 1. The number of hydrogen-bond acceptors (Lipinski definition) is 2. The van der Waals surface area contributed by atoms with Crippen LogP contribution in [0.4, 0.5) is 5.69 Å². The van der Waals surface area contributed by atoms with E-state index in [0.29, 0.717) is 6.42 Å². The van der Waals surface area contributed by atoms with Crippen LogP contribution >= 0.6 is 0 Å². The summed E-state index contributed by atoms with van der Waals surface area (Å²) in [6.45, 7) is 2.81. The predicted octanol–water partition coefficient (Wildman–Crippen LogP) is 2.86. The Morgan fingerprint density at radius 2 is 2.29 bits per heavy atom. The third-order valence-corrected chi connectivity index (χ3v) is 3.24. The molecule has 17 heavy (non-hydrogen) atoms. The molecule has 0 atom stereocenters. The van der Waals surface area contributed by atoms with Gasteiger partial charge in [-0.2, -0.15) is 0 Å². The Kier molecular flexibility index (Phi) is 3.67. The lowest BCUT2D eigenvalue weighted by molar-refractivity contribution is -0.118. The van der Waals surface area contributed by atoms with E-state index in [0.717, 1.165) is 43.5 Å². The van der Waals surface area contributed by atoms with Crippen molar-refractivity contribution in [2.45, 2.75) is 39.0 Å². The molecule has 0 radical (unpaired) electrons. The van der Waals surface area contributed by atoms with E-state index in [1.165, 1.54) is 0 Å². The van der Waals surface area contributed by atoms with E-state index in [4.69, 9.17) is 0 Å². The van der Waals surface area contributed by atoms with Gasteiger partial charge in [-0.15, -0.1) is 0 Å². The summed E-state index contributed by atoms with van der Waals surface area (Å²) >= 11 is 0. The minimum absolute atomic E-state index is 0.134. The van der Waals surface area contributed by atoms with E-state index in [1.807, 2.05) is 12.1 Å². The van der Waals surface area contributed by atoms with Gasteiger partial charge >= 0.3 is 0 Å². The lowest BCUT2D eigenvalue weighted by atomic mass is 10.0. The number of carbonyl (C=O) groups excluding carboxylic acids is 1. The van der Waals surface area contributed by atoms with Gasteiger partial charge in [-0.3, -0.25) is 4.79 Å². The van der Waals surface area contributed by atoms with E-state index < -0.39 is 0 Å². The Labute approximate surface area is 102 Å². The molecule has 1 aliphatic rings. The van der Waals surface area contributed by atoms with Gasteiger partial charge in [0.25, 0.3) is 0 Å². The van der Waals surface area contributed by atoms with E-state index in [1.54, 1.807) is 11.0 Å². The number of anilines is 1. The Morgan fingerprint density at radius 3 is 3.06 bits per heavy atom. The fraction of sp³-hybridized carbons (Fsp3) is 0.500. The SMILES string of the molecule is CCCCC(=O)N1CCCc2cccc(O)c21. The van der Waals surface area contributed by atoms with E-state index in [2.05, 4.69) is 6.92 Å². The Hall–Kier alpha value is -1.51. The quantitative estimate of drug-likeness (QED) is 0.872. The number of phenolic OH excluding ortho intramolecular Hbond substituents is 1. The molecule has 3 nitrogen and oxygen atoms in total. The Morgan fingerprint density at radius 1 is 1.47 bits per heavy atom. The van der Waals surface area contributed by atoms with Crippen LogP contribution in [0.25, 0.3) is 0 Å². The van der Waals surface area contributed by atoms with Crippen LogP contribution in [-0.4, -0.2) is 17.6 Å². The summed E-state index contributed by atoms with van der Waals surface area (Å²) < 4.78 is 0. The number of para-hydroxylation sites is 1. The number of unbranched alkanes of at least 4 members (excludes halogenated alkanes) is 1. The molecular formula is C14H19NO2. The van der Waals surface area contributed by atoms with Gasteiger partial charge in [0.1, 0.15) is 5.75 Å². The Bertz CT molecular complexity index is 415. The standard InChI is InChI=1S/C14H19NO2/c1-2-3-9-13(17)15-10-5-7-11-6-4-8-12(16)14(11)15/h4,6,8,16H,2-3,5,7,9-10H2,1H3. The molecule has 1 aromatic rings. The zero-order valence-corrected chi connectivity index (χ0v) is 10.3. The van der Waals surface area contributed by atoms with Crippen LogP contribution in [0.3, 0.4) is 0 Å². The molecule has 0 fully saturated rings. The molecule has 1 aromatic carbocycles. The highest BCUT2D eigenvalue weighted by Crippen LogP contribution is 2.35. The van der Waals surface area contributed by atoms with Crippen molar-refractivity contribution in [3.63, 3.8) is 0 Å². The minimum atomic E-state index is 0.134. The van der Waals surface area contributed by atoms with Gasteiger partial charge < -0.3 is 10.0 Å². The van der Waals surface area contributed by atoms with Crippen molar-refractivity contribution in [1.82, 2.24) is 0 Å². The molecular weight excluding hydrogens is 214 g/mol. The van der Waals surface area contributed by atoms with Crippen LogP contribution in [0.1, 0.15) is 38.2 Å². The van der Waals surface area contributed by atoms with Crippen LogP contribution in [-0.2, 0) is 11.2 Å². The molecule has 0 aromatic heterocycles.